The number of likely N-dealkylation sites (N-methyl/N-ethyl adjacent to an activating group) is 1. The van der Waals surface area contributed by atoms with Crippen molar-refractivity contribution >= 4 is 18.0 Å². The van der Waals surface area contributed by atoms with Gasteiger partial charge in [-0.05, 0) is 41.7 Å². The van der Waals surface area contributed by atoms with Crippen molar-refractivity contribution in [1.82, 2.24) is 10.2 Å². The van der Waals surface area contributed by atoms with Crippen molar-refractivity contribution in [2.75, 3.05) is 13.2 Å². The molecule has 2 N–H and O–H groups in total. The Morgan fingerprint density at radius 3 is 2.00 bits per heavy atom. The smallest absolute Gasteiger partial charge is 0.408 e. The second-order valence-electron chi connectivity index (χ2n) is 8.45. The minimum atomic E-state index is -1.12. The number of benzene rings is 3. The highest BCUT2D eigenvalue weighted by atomic mass is 16.5. The Morgan fingerprint density at radius 2 is 1.46 bits per heavy atom. The van der Waals surface area contributed by atoms with E-state index >= 15 is 0 Å². The molecule has 3 aromatic rings. The molecule has 4 rings (SSSR count). The van der Waals surface area contributed by atoms with Crippen LogP contribution in [0.4, 0.5) is 4.79 Å². The topological polar surface area (TPSA) is 95.9 Å². The molecule has 7 nitrogen and oxygen atoms in total. The number of alkyl carbamates (subject to hydrolysis) is 1. The Kier molecular flexibility index (Phi) is 7.15. The third-order valence-electron chi connectivity index (χ3n) is 6.43. The monoisotopic (exact) mass is 472 g/mol. The summed E-state index contributed by atoms with van der Waals surface area (Å²) in [6.07, 6.45) is -0.743. The number of carboxylic acids is 1. The van der Waals surface area contributed by atoms with E-state index in [-0.39, 0.29) is 19.1 Å². The molecule has 7 heteroatoms. The maximum atomic E-state index is 13.3. The summed E-state index contributed by atoms with van der Waals surface area (Å²) in [7, 11) is 0. The van der Waals surface area contributed by atoms with E-state index in [9.17, 15) is 19.5 Å². The first-order chi connectivity index (χ1) is 16.9. The number of ether oxygens (including phenoxy) is 1. The second-order valence-corrected chi connectivity index (χ2v) is 8.45. The van der Waals surface area contributed by atoms with Gasteiger partial charge in [0.05, 0.1) is 0 Å². The number of fused-ring (bicyclic) bond motifs is 3. The first-order valence-corrected chi connectivity index (χ1v) is 11.6. The lowest BCUT2D eigenvalue weighted by atomic mass is 9.98. The summed E-state index contributed by atoms with van der Waals surface area (Å²) in [6, 6.07) is 22.7. The average Bonchev–Trinajstić information content (AvgIpc) is 3.20. The van der Waals surface area contributed by atoms with Gasteiger partial charge in [-0.2, -0.15) is 0 Å². The molecule has 0 bridgehead atoms. The number of nitrogens with zero attached hydrogens (tertiary/aromatic N) is 1. The van der Waals surface area contributed by atoms with Gasteiger partial charge in [0.1, 0.15) is 18.7 Å². The molecule has 0 aromatic heterocycles. The Balaban J connectivity index is 1.52. The molecule has 0 aliphatic heterocycles. The van der Waals surface area contributed by atoms with E-state index in [2.05, 4.69) is 17.4 Å². The summed E-state index contributed by atoms with van der Waals surface area (Å²) in [5.74, 6) is -1.74. The molecule has 2 amide bonds. The molecule has 0 spiro atoms. The average molecular weight is 473 g/mol. The number of hydrogen-bond acceptors (Lipinski definition) is 4. The van der Waals surface area contributed by atoms with Gasteiger partial charge in [-0.1, -0.05) is 78.9 Å². The molecular formula is C28H28N2O5. The van der Waals surface area contributed by atoms with Gasteiger partial charge in [0.25, 0.3) is 5.91 Å². The molecule has 35 heavy (non-hydrogen) atoms. The lowest BCUT2D eigenvalue weighted by Crippen LogP contribution is -2.49. The van der Waals surface area contributed by atoms with Crippen molar-refractivity contribution in [2.45, 2.75) is 31.8 Å². The summed E-state index contributed by atoms with van der Waals surface area (Å²) >= 11 is 0. The van der Waals surface area contributed by atoms with Crippen LogP contribution in [0.1, 0.15) is 42.5 Å². The number of amides is 2. The van der Waals surface area contributed by atoms with Gasteiger partial charge in [-0.25, -0.2) is 9.59 Å². The second kappa shape index (κ2) is 10.4. The van der Waals surface area contributed by atoms with Gasteiger partial charge in [0, 0.05) is 12.5 Å². The summed E-state index contributed by atoms with van der Waals surface area (Å²) in [5, 5.41) is 12.1. The summed E-state index contributed by atoms with van der Waals surface area (Å²) in [5.41, 5.74) is 4.96. The fourth-order valence-corrected chi connectivity index (χ4v) is 4.61. The minimum Gasteiger partial charge on any atom is -0.480 e. The lowest BCUT2D eigenvalue weighted by molar-refractivity contribution is -0.150. The third-order valence-corrected chi connectivity index (χ3v) is 6.43. The zero-order chi connectivity index (χ0) is 24.9. The van der Waals surface area contributed by atoms with Gasteiger partial charge in [-0.15, -0.1) is 0 Å². The highest BCUT2D eigenvalue weighted by Gasteiger charge is 2.33. The zero-order valence-corrected chi connectivity index (χ0v) is 19.7. The molecule has 0 saturated carbocycles. The van der Waals surface area contributed by atoms with Crippen molar-refractivity contribution in [3.8, 4) is 11.1 Å². The van der Waals surface area contributed by atoms with Crippen LogP contribution in [0, 0.1) is 0 Å². The molecule has 180 valence electrons. The molecule has 0 fully saturated rings. The quantitative estimate of drug-likeness (QED) is 0.500. The van der Waals surface area contributed by atoms with Crippen molar-refractivity contribution in [2.24, 2.45) is 0 Å². The highest BCUT2D eigenvalue weighted by Crippen LogP contribution is 2.44. The molecule has 1 aliphatic carbocycles. The van der Waals surface area contributed by atoms with Gasteiger partial charge >= 0.3 is 12.1 Å². The molecule has 2 atom stereocenters. The summed E-state index contributed by atoms with van der Waals surface area (Å²) < 4.78 is 5.63. The van der Waals surface area contributed by atoms with E-state index in [1.165, 1.54) is 11.8 Å². The molecule has 1 aliphatic rings. The number of hydrogen-bond donors (Lipinski definition) is 2. The Hall–Kier alpha value is -4.13. The van der Waals surface area contributed by atoms with Crippen LogP contribution in [0.2, 0.25) is 0 Å². The van der Waals surface area contributed by atoms with Crippen LogP contribution >= 0.6 is 0 Å². The predicted molar refractivity (Wildman–Crippen MR) is 132 cm³/mol. The van der Waals surface area contributed by atoms with Crippen molar-refractivity contribution in [3.05, 3.63) is 95.6 Å². The molecule has 1 unspecified atom stereocenters. The molecule has 0 radical (unpaired) electrons. The highest BCUT2D eigenvalue weighted by molar-refractivity contribution is 5.90. The van der Waals surface area contributed by atoms with Crippen LogP contribution < -0.4 is 5.32 Å². The van der Waals surface area contributed by atoms with E-state index in [1.807, 2.05) is 36.4 Å². The normalized spacial score (nSPS) is 13.8. The Bertz CT molecular complexity index is 1180. The number of carbonyl (C=O) groups is 3. The fraction of sp³-hybridized carbons (Fsp3) is 0.250. The van der Waals surface area contributed by atoms with Gasteiger partial charge < -0.3 is 20.1 Å². The first kappa shape index (κ1) is 24.0. The van der Waals surface area contributed by atoms with E-state index in [1.54, 1.807) is 37.3 Å². The van der Waals surface area contributed by atoms with Gasteiger partial charge in [0.15, 0.2) is 0 Å². The van der Waals surface area contributed by atoms with Gasteiger partial charge in [-0.3, -0.25) is 4.79 Å². The Morgan fingerprint density at radius 1 is 0.914 bits per heavy atom. The molecule has 3 aromatic carbocycles. The SMILES string of the molecule is CCN(C(=O)[C@H](NC(=O)OCC1c2ccccc2-c2ccccc21)c1ccccc1)C(C)C(=O)O. The fourth-order valence-electron chi connectivity index (χ4n) is 4.61. The third kappa shape index (κ3) is 4.89. The lowest BCUT2D eigenvalue weighted by Gasteiger charge is -2.29. The van der Waals surface area contributed by atoms with Crippen molar-refractivity contribution in [3.63, 3.8) is 0 Å². The van der Waals surface area contributed by atoms with E-state index in [0.717, 1.165) is 22.3 Å². The van der Waals surface area contributed by atoms with Crippen LogP contribution in [0.5, 0.6) is 0 Å². The maximum Gasteiger partial charge on any atom is 0.408 e. The summed E-state index contributed by atoms with van der Waals surface area (Å²) in [4.78, 5) is 39.0. The maximum absolute atomic E-state index is 13.3. The molecule has 0 saturated heterocycles. The number of carboxylic acid groups (broad SMARTS) is 1. The molecular weight excluding hydrogens is 444 g/mol. The minimum absolute atomic E-state index is 0.110. The van der Waals surface area contributed by atoms with E-state index in [4.69, 9.17) is 4.74 Å². The van der Waals surface area contributed by atoms with Gasteiger partial charge in [0.2, 0.25) is 0 Å². The Labute approximate surface area is 204 Å². The van der Waals surface area contributed by atoms with Crippen LogP contribution in [-0.2, 0) is 14.3 Å². The number of rotatable bonds is 8. The van der Waals surface area contributed by atoms with Crippen LogP contribution in [0.25, 0.3) is 11.1 Å². The van der Waals surface area contributed by atoms with Crippen molar-refractivity contribution in [1.29, 1.82) is 0 Å². The summed E-state index contributed by atoms with van der Waals surface area (Å²) in [6.45, 7) is 3.44. The number of nitrogens with one attached hydrogen (secondary N) is 1. The van der Waals surface area contributed by atoms with E-state index < -0.39 is 30.1 Å². The zero-order valence-electron chi connectivity index (χ0n) is 19.7. The van der Waals surface area contributed by atoms with Crippen LogP contribution in [0.15, 0.2) is 78.9 Å². The standard InChI is InChI=1S/C28H28N2O5/c1-3-30(18(2)27(32)33)26(31)25(19-11-5-4-6-12-19)29-28(34)35-17-24-22-15-9-7-13-20(22)21-14-8-10-16-23(21)24/h4-16,18,24-25H,3,17H2,1-2H3,(H,29,34)(H,32,33)/t18?,25-/m1/s1. The van der Waals surface area contributed by atoms with E-state index in [0.29, 0.717) is 5.56 Å². The largest absolute Gasteiger partial charge is 0.480 e. The predicted octanol–water partition coefficient (Wildman–Crippen LogP) is 4.59. The van der Waals surface area contributed by atoms with Crippen molar-refractivity contribution < 1.29 is 24.2 Å². The number of aliphatic carboxylic acids is 1. The van der Waals surface area contributed by atoms with Crippen LogP contribution in [0.3, 0.4) is 0 Å². The molecule has 0 heterocycles. The van der Waals surface area contributed by atoms with Crippen LogP contribution in [-0.4, -0.2) is 47.2 Å². The number of carbonyl (C=O) groups excluding carboxylic acids is 2. The first-order valence-electron chi connectivity index (χ1n) is 11.6.